The Bertz CT molecular complexity index is 1340. The van der Waals surface area contributed by atoms with E-state index in [1.165, 1.54) is 32.1 Å². The summed E-state index contributed by atoms with van der Waals surface area (Å²) in [5.41, 5.74) is 10.2. The van der Waals surface area contributed by atoms with Crippen LogP contribution in [0.5, 0.6) is 5.75 Å². The van der Waals surface area contributed by atoms with Crippen molar-refractivity contribution in [1.82, 2.24) is 20.0 Å². The molecule has 1 saturated carbocycles. The highest BCUT2D eigenvalue weighted by Crippen LogP contribution is 2.30. The van der Waals surface area contributed by atoms with Gasteiger partial charge in [-0.1, -0.05) is 19.3 Å². The molecule has 2 aromatic carbocycles. The number of nitrogens with two attached hydrogens (primary N) is 1. The lowest BCUT2D eigenvalue weighted by atomic mass is 9.94. The minimum atomic E-state index is -0.303. The molecular weight excluding hydrogens is 612 g/mol. The van der Waals surface area contributed by atoms with Gasteiger partial charge in [-0.2, -0.15) is 0 Å². The first-order chi connectivity index (χ1) is 20.7. The zero-order valence-corrected chi connectivity index (χ0v) is 26.7. The van der Waals surface area contributed by atoms with Gasteiger partial charge in [0.05, 0.1) is 19.3 Å². The molecule has 4 N–H and O–H groups in total. The van der Waals surface area contributed by atoms with Crippen LogP contribution in [0, 0.1) is 0 Å². The van der Waals surface area contributed by atoms with Crippen LogP contribution in [0.1, 0.15) is 66.4 Å². The van der Waals surface area contributed by atoms with Gasteiger partial charge in [0.25, 0.3) is 5.91 Å². The van der Waals surface area contributed by atoms with E-state index in [-0.39, 0.29) is 30.4 Å². The number of fused-ring (bicyclic) bond motifs is 1. The number of benzene rings is 2. The zero-order valence-electron chi connectivity index (χ0n) is 25.2. The third-order valence-electron chi connectivity index (χ3n) is 9.19. The minimum Gasteiger partial charge on any atom is -0.497 e. The van der Waals surface area contributed by atoms with E-state index in [4.69, 9.17) is 10.5 Å². The molecule has 0 radical (unpaired) electrons. The molecule has 1 saturated heterocycles. The van der Waals surface area contributed by atoms with Gasteiger partial charge in [-0.25, -0.2) is 4.79 Å². The number of rotatable bonds is 8. The molecule has 5 rings (SSSR count). The molecule has 2 aromatic rings. The SMILES string of the molecule is COc1ccc2c(c1)CCN(C1CCN(C(=O)CNC(=O)c3cc(Br)c(N)c(CN(C)C4CCCCC4)c3)CC1)C(=O)N2. The van der Waals surface area contributed by atoms with E-state index < -0.39 is 0 Å². The fourth-order valence-corrected chi connectivity index (χ4v) is 7.06. The number of amides is 4. The second kappa shape index (κ2) is 14.0. The third-order valence-corrected chi connectivity index (χ3v) is 9.85. The lowest BCUT2D eigenvalue weighted by molar-refractivity contribution is -0.131. The topological polar surface area (TPSA) is 120 Å². The summed E-state index contributed by atoms with van der Waals surface area (Å²) in [4.78, 5) is 45.1. The summed E-state index contributed by atoms with van der Waals surface area (Å²) >= 11 is 3.52. The van der Waals surface area contributed by atoms with Crippen LogP contribution in [0.15, 0.2) is 34.8 Å². The van der Waals surface area contributed by atoms with E-state index >= 15 is 0 Å². The maximum Gasteiger partial charge on any atom is 0.322 e. The van der Waals surface area contributed by atoms with Gasteiger partial charge in [0, 0.05) is 54.0 Å². The Morgan fingerprint density at radius 2 is 1.84 bits per heavy atom. The van der Waals surface area contributed by atoms with Crippen LogP contribution in [0.3, 0.4) is 0 Å². The van der Waals surface area contributed by atoms with Crippen LogP contribution in [-0.2, 0) is 17.8 Å². The average Bonchev–Trinajstić information content (AvgIpc) is 3.19. The number of ether oxygens (including phenoxy) is 1. The highest BCUT2D eigenvalue weighted by atomic mass is 79.9. The number of nitrogen functional groups attached to an aromatic ring is 1. The molecular formula is C32H43BrN6O4. The summed E-state index contributed by atoms with van der Waals surface area (Å²) in [6.45, 7) is 2.27. The van der Waals surface area contributed by atoms with Gasteiger partial charge in [-0.15, -0.1) is 0 Å². The number of methoxy groups -OCH3 is 1. The fourth-order valence-electron chi connectivity index (χ4n) is 6.56. The highest BCUT2D eigenvalue weighted by molar-refractivity contribution is 9.10. The first-order valence-corrected chi connectivity index (χ1v) is 16.1. The molecule has 2 aliphatic heterocycles. The molecule has 10 nitrogen and oxygen atoms in total. The van der Waals surface area contributed by atoms with Crippen molar-refractivity contribution in [1.29, 1.82) is 0 Å². The molecule has 0 atom stereocenters. The monoisotopic (exact) mass is 654 g/mol. The molecule has 2 fully saturated rings. The molecule has 0 unspecified atom stereocenters. The Labute approximate surface area is 262 Å². The van der Waals surface area contributed by atoms with Gasteiger partial charge < -0.3 is 30.9 Å². The Kier molecular flexibility index (Phi) is 10.1. The number of anilines is 2. The van der Waals surface area contributed by atoms with Crippen molar-refractivity contribution in [3.8, 4) is 5.75 Å². The number of hydrogen-bond donors (Lipinski definition) is 3. The summed E-state index contributed by atoms with van der Waals surface area (Å²) in [5.74, 6) is 0.341. The van der Waals surface area contributed by atoms with E-state index in [0.717, 1.165) is 29.0 Å². The maximum absolute atomic E-state index is 13.1. The number of nitrogens with one attached hydrogen (secondary N) is 2. The smallest absolute Gasteiger partial charge is 0.322 e. The number of likely N-dealkylation sites (tertiary alicyclic amines) is 1. The fraction of sp³-hybridized carbons (Fsp3) is 0.531. The predicted molar refractivity (Wildman–Crippen MR) is 171 cm³/mol. The normalized spacial score (nSPS) is 18.2. The number of carbonyl (C=O) groups excluding carboxylic acids is 3. The first-order valence-electron chi connectivity index (χ1n) is 15.3. The minimum absolute atomic E-state index is 0.0483. The van der Waals surface area contributed by atoms with Crippen molar-refractivity contribution in [3.63, 3.8) is 0 Å². The maximum atomic E-state index is 13.1. The van der Waals surface area contributed by atoms with Crippen molar-refractivity contribution >= 4 is 45.2 Å². The van der Waals surface area contributed by atoms with E-state index in [2.05, 4.69) is 38.5 Å². The lowest BCUT2D eigenvalue weighted by Gasteiger charge is -2.38. The van der Waals surface area contributed by atoms with Crippen molar-refractivity contribution in [3.05, 3.63) is 51.5 Å². The van der Waals surface area contributed by atoms with Gasteiger partial charge in [-0.3, -0.25) is 14.5 Å². The van der Waals surface area contributed by atoms with Crippen molar-refractivity contribution in [2.24, 2.45) is 0 Å². The van der Waals surface area contributed by atoms with Crippen LogP contribution < -0.4 is 21.1 Å². The van der Waals surface area contributed by atoms with Gasteiger partial charge in [0.15, 0.2) is 0 Å². The Hall–Kier alpha value is -3.31. The predicted octanol–water partition coefficient (Wildman–Crippen LogP) is 4.62. The molecule has 232 valence electrons. The average molecular weight is 656 g/mol. The van der Waals surface area contributed by atoms with Crippen molar-refractivity contribution in [2.75, 3.05) is 51.4 Å². The van der Waals surface area contributed by atoms with Gasteiger partial charge in [0.1, 0.15) is 5.75 Å². The van der Waals surface area contributed by atoms with Crippen molar-refractivity contribution < 1.29 is 19.1 Å². The van der Waals surface area contributed by atoms with E-state index in [0.29, 0.717) is 60.8 Å². The molecule has 3 aliphatic rings. The van der Waals surface area contributed by atoms with Crippen molar-refractivity contribution in [2.45, 2.75) is 70.0 Å². The second-order valence-electron chi connectivity index (χ2n) is 11.9. The summed E-state index contributed by atoms with van der Waals surface area (Å²) in [5, 5.41) is 5.84. The zero-order chi connectivity index (χ0) is 30.5. The largest absolute Gasteiger partial charge is 0.497 e. The van der Waals surface area contributed by atoms with Crippen LogP contribution in [-0.4, -0.2) is 85.0 Å². The van der Waals surface area contributed by atoms with Crippen LogP contribution in [0.25, 0.3) is 0 Å². The standard InChI is InChI=1S/C32H43BrN6O4/c1-37(24-6-4-3-5-7-24)20-23-16-22(18-27(33)30(23)34)31(41)35-19-29(40)38-13-11-25(12-14-38)39-15-10-21-17-26(43-2)8-9-28(21)36-32(39)42/h8-9,16-18,24-25H,3-7,10-15,19-20,34H2,1-2H3,(H,35,41)(H,36,42). The number of carbonyl (C=O) groups is 3. The number of halogens is 1. The van der Waals surface area contributed by atoms with Crippen LogP contribution in [0.2, 0.25) is 0 Å². The van der Waals surface area contributed by atoms with Gasteiger partial charge >= 0.3 is 6.03 Å². The molecule has 2 heterocycles. The summed E-state index contributed by atoms with van der Waals surface area (Å²) < 4.78 is 6.02. The number of hydrogen-bond acceptors (Lipinski definition) is 6. The molecule has 11 heteroatoms. The summed E-state index contributed by atoms with van der Waals surface area (Å²) in [6, 6.07) is 9.71. The number of piperidine rings is 1. The molecule has 43 heavy (non-hydrogen) atoms. The first kappa shape index (κ1) is 31.1. The van der Waals surface area contributed by atoms with Gasteiger partial charge in [0.2, 0.25) is 5.91 Å². The summed E-state index contributed by atoms with van der Waals surface area (Å²) in [7, 11) is 3.75. The van der Waals surface area contributed by atoms with E-state index in [1.54, 1.807) is 18.1 Å². The Balaban J connectivity index is 1.12. The quantitative estimate of drug-likeness (QED) is 0.358. The van der Waals surface area contributed by atoms with Crippen LogP contribution in [0.4, 0.5) is 16.2 Å². The Morgan fingerprint density at radius 3 is 2.56 bits per heavy atom. The van der Waals surface area contributed by atoms with E-state index in [9.17, 15) is 14.4 Å². The van der Waals surface area contributed by atoms with Gasteiger partial charge in [-0.05, 0) is 96.5 Å². The molecule has 0 spiro atoms. The Morgan fingerprint density at radius 1 is 1.09 bits per heavy atom. The van der Waals surface area contributed by atoms with Crippen LogP contribution >= 0.6 is 15.9 Å². The number of urea groups is 1. The number of nitrogens with zero attached hydrogens (tertiary/aromatic N) is 3. The summed E-state index contributed by atoms with van der Waals surface area (Å²) in [6.07, 6.45) is 8.28. The highest BCUT2D eigenvalue weighted by Gasteiger charge is 2.31. The van der Waals surface area contributed by atoms with E-state index in [1.807, 2.05) is 29.2 Å². The molecule has 4 amide bonds. The lowest BCUT2D eigenvalue weighted by Crippen LogP contribution is -2.51. The second-order valence-corrected chi connectivity index (χ2v) is 12.8. The molecule has 0 bridgehead atoms. The molecule has 0 aromatic heterocycles. The molecule has 1 aliphatic carbocycles. The third kappa shape index (κ3) is 7.44.